The predicted molar refractivity (Wildman–Crippen MR) is 100 cm³/mol. The molecular formula is C18H24N4O5S. The number of fused-ring (bicyclic) bond motifs is 1. The van der Waals surface area contributed by atoms with E-state index in [0.717, 1.165) is 0 Å². The van der Waals surface area contributed by atoms with Crippen molar-refractivity contribution in [1.29, 1.82) is 0 Å². The van der Waals surface area contributed by atoms with Gasteiger partial charge in [-0.05, 0) is 24.0 Å². The maximum absolute atomic E-state index is 12.9. The van der Waals surface area contributed by atoms with Crippen molar-refractivity contribution in [1.82, 2.24) is 14.2 Å². The summed E-state index contributed by atoms with van der Waals surface area (Å²) in [6.45, 7) is 1.85. The normalized spacial score (nSPS) is 23.6. The van der Waals surface area contributed by atoms with E-state index in [-0.39, 0.29) is 42.7 Å². The number of carbonyl (C=O) groups is 3. The van der Waals surface area contributed by atoms with Gasteiger partial charge in [-0.15, -0.1) is 0 Å². The Hall–Kier alpha value is -2.33. The summed E-state index contributed by atoms with van der Waals surface area (Å²) in [6.07, 6.45) is 3.65. The fraction of sp³-hybridized carbons (Fsp3) is 0.556. The Morgan fingerprint density at radius 1 is 1.36 bits per heavy atom. The van der Waals surface area contributed by atoms with Crippen LogP contribution in [0.1, 0.15) is 31.7 Å². The van der Waals surface area contributed by atoms with E-state index in [1.807, 2.05) is 0 Å². The molecule has 0 spiro atoms. The molecule has 2 aliphatic heterocycles. The molecule has 0 aliphatic carbocycles. The molecule has 2 fully saturated rings. The van der Waals surface area contributed by atoms with Crippen LogP contribution in [0.4, 0.5) is 0 Å². The number of hydrogen-bond acceptors (Lipinski definition) is 6. The summed E-state index contributed by atoms with van der Waals surface area (Å²) >= 11 is 0. The minimum atomic E-state index is -3.71. The molecule has 1 aromatic heterocycles. The van der Waals surface area contributed by atoms with E-state index in [2.05, 4.69) is 4.98 Å². The van der Waals surface area contributed by atoms with Gasteiger partial charge in [0.2, 0.25) is 21.8 Å². The lowest BCUT2D eigenvalue weighted by Crippen LogP contribution is -2.44. The highest BCUT2D eigenvalue weighted by Gasteiger charge is 2.53. The molecule has 3 atom stereocenters. The monoisotopic (exact) mass is 408 g/mol. The van der Waals surface area contributed by atoms with Gasteiger partial charge in [-0.25, -0.2) is 8.42 Å². The van der Waals surface area contributed by atoms with E-state index in [4.69, 9.17) is 5.73 Å². The largest absolute Gasteiger partial charge is 0.370 e. The molecule has 0 aromatic carbocycles. The summed E-state index contributed by atoms with van der Waals surface area (Å²) in [7, 11) is -3.71. The van der Waals surface area contributed by atoms with E-state index in [0.29, 0.717) is 18.5 Å². The topological polar surface area (TPSA) is 131 Å². The SMILES string of the molecule is CC(CC(N)=O)CC(=O)N1CCC2C1C(=O)CN2S(=O)(=O)Cc1cccnc1. The van der Waals surface area contributed by atoms with Crippen LogP contribution < -0.4 is 5.73 Å². The zero-order valence-corrected chi connectivity index (χ0v) is 16.5. The lowest BCUT2D eigenvalue weighted by molar-refractivity contribution is -0.137. The smallest absolute Gasteiger partial charge is 0.223 e. The van der Waals surface area contributed by atoms with Gasteiger partial charge < -0.3 is 10.6 Å². The third kappa shape index (κ3) is 4.22. The molecular weight excluding hydrogens is 384 g/mol. The van der Waals surface area contributed by atoms with Crippen LogP contribution in [0.15, 0.2) is 24.5 Å². The number of nitrogens with zero attached hydrogens (tertiary/aromatic N) is 3. The highest BCUT2D eigenvalue weighted by Crippen LogP contribution is 2.33. The van der Waals surface area contributed by atoms with Crippen molar-refractivity contribution in [2.24, 2.45) is 11.7 Å². The van der Waals surface area contributed by atoms with Crippen molar-refractivity contribution in [2.75, 3.05) is 13.1 Å². The average Bonchev–Trinajstić information content (AvgIpc) is 3.16. The first-order valence-electron chi connectivity index (χ1n) is 9.18. The summed E-state index contributed by atoms with van der Waals surface area (Å²) in [5.41, 5.74) is 5.71. The van der Waals surface area contributed by atoms with Crippen molar-refractivity contribution in [3.8, 4) is 0 Å². The van der Waals surface area contributed by atoms with Gasteiger partial charge in [-0.3, -0.25) is 19.4 Å². The van der Waals surface area contributed by atoms with Crippen LogP contribution in [0.2, 0.25) is 0 Å². The van der Waals surface area contributed by atoms with Crippen molar-refractivity contribution >= 4 is 27.6 Å². The summed E-state index contributed by atoms with van der Waals surface area (Å²) in [5, 5.41) is 0. The fourth-order valence-corrected chi connectivity index (χ4v) is 5.74. The Kier molecular flexibility index (Phi) is 5.80. The maximum atomic E-state index is 12.9. The van der Waals surface area contributed by atoms with Gasteiger partial charge >= 0.3 is 0 Å². The van der Waals surface area contributed by atoms with Crippen LogP contribution in [-0.2, 0) is 30.2 Å². The van der Waals surface area contributed by atoms with Gasteiger partial charge in [0.05, 0.1) is 18.3 Å². The molecule has 3 heterocycles. The lowest BCUT2D eigenvalue weighted by Gasteiger charge is -2.25. The Balaban J connectivity index is 1.71. The zero-order chi connectivity index (χ0) is 20.5. The zero-order valence-electron chi connectivity index (χ0n) is 15.7. The quantitative estimate of drug-likeness (QED) is 0.657. The summed E-state index contributed by atoms with van der Waals surface area (Å²) in [5.74, 6) is -1.47. The van der Waals surface area contributed by atoms with E-state index >= 15 is 0 Å². The van der Waals surface area contributed by atoms with Gasteiger partial charge in [0.15, 0.2) is 5.78 Å². The molecule has 3 unspecified atom stereocenters. The number of carbonyl (C=O) groups excluding carboxylic acids is 3. The Morgan fingerprint density at radius 3 is 2.75 bits per heavy atom. The Bertz CT molecular complexity index is 873. The van der Waals surface area contributed by atoms with Crippen LogP contribution in [0.25, 0.3) is 0 Å². The minimum Gasteiger partial charge on any atom is -0.370 e. The van der Waals surface area contributed by atoms with E-state index in [1.54, 1.807) is 25.3 Å². The second kappa shape index (κ2) is 7.96. The molecule has 10 heteroatoms. The number of amides is 2. The van der Waals surface area contributed by atoms with Crippen molar-refractivity contribution in [3.05, 3.63) is 30.1 Å². The second-order valence-electron chi connectivity index (χ2n) is 7.50. The molecule has 2 N–H and O–H groups in total. The number of hydrogen-bond donors (Lipinski definition) is 1. The molecule has 3 rings (SSSR count). The van der Waals surface area contributed by atoms with E-state index in [9.17, 15) is 22.8 Å². The summed E-state index contributed by atoms with van der Waals surface area (Å²) < 4.78 is 26.9. The predicted octanol–water partition coefficient (Wildman–Crippen LogP) is -0.333. The number of primary amides is 1. The number of sulfonamides is 1. The molecule has 2 saturated heterocycles. The average molecular weight is 408 g/mol. The molecule has 0 radical (unpaired) electrons. The van der Waals surface area contributed by atoms with Gasteiger partial charge in [-0.2, -0.15) is 4.31 Å². The fourth-order valence-electron chi connectivity index (χ4n) is 4.02. The van der Waals surface area contributed by atoms with Gasteiger partial charge in [0, 0.05) is 31.8 Å². The number of Topliss-reactive ketones (excluding diaryl/α,β-unsaturated/α-hetero) is 1. The summed E-state index contributed by atoms with van der Waals surface area (Å²) in [4.78, 5) is 41.6. The lowest BCUT2D eigenvalue weighted by atomic mass is 10.0. The molecule has 2 amide bonds. The minimum absolute atomic E-state index is 0.0905. The molecule has 28 heavy (non-hydrogen) atoms. The van der Waals surface area contributed by atoms with Crippen LogP contribution in [0.3, 0.4) is 0 Å². The van der Waals surface area contributed by atoms with E-state index in [1.165, 1.54) is 15.4 Å². The number of aromatic nitrogens is 1. The third-order valence-electron chi connectivity index (χ3n) is 5.20. The van der Waals surface area contributed by atoms with E-state index < -0.39 is 28.0 Å². The van der Waals surface area contributed by atoms with Crippen LogP contribution >= 0.6 is 0 Å². The van der Waals surface area contributed by atoms with Crippen LogP contribution in [0, 0.1) is 5.92 Å². The first kappa shape index (κ1) is 20.4. The number of rotatable bonds is 7. The number of likely N-dealkylation sites (tertiary alicyclic amines) is 1. The van der Waals surface area contributed by atoms with Gasteiger partial charge in [-0.1, -0.05) is 13.0 Å². The molecule has 152 valence electrons. The van der Waals surface area contributed by atoms with Crippen LogP contribution in [-0.4, -0.2) is 65.4 Å². The van der Waals surface area contributed by atoms with Crippen molar-refractivity contribution in [3.63, 3.8) is 0 Å². The molecule has 0 bridgehead atoms. The van der Waals surface area contributed by atoms with Crippen molar-refractivity contribution in [2.45, 2.75) is 44.0 Å². The number of pyridine rings is 1. The second-order valence-corrected chi connectivity index (χ2v) is 9.42. The number of ketones is 1. The van der Waals surface area contributed by atoms with Crippen LogP contribution in [0.5, 0.6) is 0 Å². The molecule has 9 nitrogen and oxygen atoms in total. The summed E-state index contributed by atoms with van der Waals surface area (Å²) in [6, 6.07) is 2.04. The molecule has 0 saturated carbocycles. The van der Waals surface area contributed by atoms with Crippen molar-refractivity contribution < 1.29 is 22.8 Å². The van der Waals surface area contributed by atoms with Gasteiger partial charge in [0.1, 0.15) is 6.04 Å². The number of nitrogens with two attached hydrogens (primary N) is 1. The van der Waals surface area contributed by atoms with Gasteiger partial charge in [0.25, 0.3) is 0 Å². The first-order valence-corrected chi connectivity index (χ1v) is 10.8. The highest BCUT2D eigenvalue weighted by molar-refractivity contribution is 7.88. The maximum Gasteiger partial charge on any atom is 0.223 e. The standard InChI is InChI=1S/C18H24N4O5S/c1-12(7-16(19)24)8-17(25)21-6-4-14-18(21)15(23)10-22(14)28(26,27)11-13-3-2-5-20-9-13/h2-3,5,9,12,14,18H,4,6-8,10-11H2,1H3,(H2,19,24). The third-order valence-corrected chi connectivity index (χ3v) is 7.01. The highest BCUT2D eigenvalue weighted by atomic mass is 32.2. The Labute approximate surface area is 163 Å². The molecule has 1 aromatic rings. The Morgan fingerprint density at radius 2 is 2.11 bits per heavy atom. The first-order chi connectivity index (χ1) is 13.2. The molecule has 2 aliphatic rings.